The van der Waals surface area contributed by atoms with Crippen molar-refractivity contribution < 1.29 is 8.78 Å². The van der Waals surface area contributed by atoms with E-state index in [2.05, 4.69) is 17.2 Å². The molecule has 104 valence electrons. The van der Waals surface area contributed by atoms with Crippen LogP contribution < -0.4 is 5.32 Å². The maximum absolute atomic E-state index is 13.2. The highest BCUT2D eigenvalue weighted by Gasteiger charge is 2.08. The van der Waals surface area contributed by atoms with Gasteiger partial charge in [0.15, 0.2) is 11.6 Å². The first-order valence-electron chi connectivity index (χ1n) is 6.73. The minimum Gasteiger partial charge on any atom is -0.329 e. The number of hydrogen-bond acceptors (Lipinski definition) is 2. The normalized spacial score (nSPS) is 11.3. The molecular weight excluding hydrogens is 248 g/mol. The van der Waals surface area contributed by atoms with Gasteiger partial charge in [0.1, 0.15) is 0 Å². The molecule has 0 unspecified atom stereocenters. The number of fused-ring (bicyclic) bond motifs is 1. The molecule has 0 saturated carbocycles. The van der Waals surface area contributed by atoms with E-state index < -0.39 is 11.6 Å². The van der Waals surface area contributed by atoms with Crippen LogP contribution in [0.3, 0.4) is 0 Å². The van der Waals surface area contributed by atoms with E-state index in [1.54, 1.807) is 6.33 Å². The molecule has 0 aliphatic carbocycles. The SMILES string of the molecule is CCCCCNCCn1cnc2cc(F)c(F)cc21. The van der Waals surface area contributed by atoms with Gasteiger partial charge >= 0.3 is 0 Å². The molecule has 0 saturated heterocycles. The Morgan fingerprint density at radius 2 is 1.95 bits per heavy atom. The van der Waals surface area contributed by atoms with Crippen LogP contribution in [0.2, 0.25) is 0 Å². The van der Waals surface area contributed by atoms with E-state index in [-0.39, 0.29) is 0 Å². The fourth-order valence-electron chi connectivity index (χ4n) is 2.06. The number of hydrogen-bond donors (Lipinski definition) is 1. The van der Waals surface area contributed by atoms with E-state index in [0.717, 1.165) is 19.2 Å². The quantitative estimate of drug-likeness (QED) is 0.781. The Morgan fingerprint density at radius 3 is 2.74 bits per heavy atom. The van der Waals surface area contributed by atoms with E-state index in [1.165, 1.54) is 25.3 Å². The van der Waals surface area contributed by atoms with Crippen molar-refractivity contribution in [3.63, 3.8) is 0 Å². The first kappa shape index (κ1) is 13.9. The number of aromatic nitrogens is 2. The molecule has 1 aromatic heterocycles. The minimum atomic E-state index is -0.851. The molecule has 3 nitrogen and oxygen atoms in total. The van der Waals surface area contributed by atoms with Crippen LogP contribution in [-0.4, -0.2) is 22.6 Å². The molecule has 1 N–H and O–H groups in total. The van der Waals surface area contributed by atoms with Crippen molar-refractivity contribution in [3.05, 3.63) is 30.1 Å². The predicted octanol–water partition coefficient (Wildman–Crippen LogP) is 3.09. The van der Waals surface area contributed by atoms with Gasteiger partial charge in [-0.2, -0.15) is 0 Å². The van der Waals surface area contributed by atoms with Gasteiger partial charge in [-0.15, -0.1) is 0 Å². The smallest absolute Gasteiger partial charge is 0.161 e. The van der Waals surface area contributed by atoms with Crippen molar-refractivity contribution in [1.29, 1.82) is 0 Å². The van der Waals surface area contributed by atoms with Crippen LogP contribution in [0.5, 0.6) is 0 Å². The van der Waals surface area contributed by atoms with E-state index in [9.17, 15) is 8.78 Å². The second-order valence-electron chi connectivity index (χ2n) is 4.65. The second kappa shape index (κ2) is 6.61. The number of imidazole rings is 1. The summed E-state index contributed by atoms with van der Waals surface area (Å²) in [4.78, 5) is 4.08. The summed E-state index contributed by atoms with van der Waals surface area (Å²) in [5.41, 5.74) is 1.12. The lowest BCUT2D eigenvalue weighted by Gasteiger charge is -2.06. The molecule has 0 aliphatic rings. The van der Waals surface area contributed by atoms with Crippen molar-refractivity contribution in [3.8, 4) is 0 Å². The van der Waals surface area contributed by atoms with Gasteiger partial charge in [0.2, 0.25) is 0 Å². The Bertz CT molecular complexity index is 537. The molecule has 0 spiro atoms. The lowest BCUT2D eigenvalue weighted by molar-refractivity contribution is 0.510. The molecule has 1 heterocycles. The Hall–Kier alpha value is -1.49. The average molecular weight is 267 g/mol. The zero-order valence-electron chi connectivity index (χ0n) is 11.1. The third kappa shape index (κ3) is 3.50. The summed E-state index contributed by atoms with van der Waals surface area (Å²) < 4.78 is 28.1. The van der Waals surface area contributed by atoms with Gasteiger partial charge < -0.3 is 9.88 Å². The van der Waals surface area contributed by atoms with Crippen LogP contribution in [0.15, 0.2) is 18.5 Å². The zero-order valence-corrected chi connectivity index (χ0v) is 11.1. The molecule has 2 aromatic rings. The molecule has 0 fully saturated rings. The monoisotopic (exact) mass is 267 g/mol. The molecule has 1 aromatic carbocycles. The molecular formula is C14H19F2N3. The lowest BCUT2D eigenvalue weighted by Crippen LogP contribution is -2.20. The third-order valence-corrected chi connectivity index (χ3v) is 3.15. The third-order valence-electron chi connectivity index (χ3n) is 3.15. The van der Waals surface area contributed by atoms with Gasteiger partial charge in [-0.3, -0.25) is 0 Å². The molecule has 19 heavy (non-hydrogen) atoms. The second-order valence-corrected chi connectivity index (χ2v) is 4.65. The summed E-state index contributed by atoms with van der Waals surface area (Å²) >= 11 is 0. The number of halogens is 2. The maximum Gasteiger partial charge on any atom is 0.161 e. The number of nitrogens with zero attached hydrogens (tertiary/aromatic N) is 2. The van der Waals surface area contributed by atoms with Crippen molar-refractivity contribution in [1.82, 2.24) is 14.9 Å². The summed E-state index contributed by atoms with van der Waals surface area (Å²) in [6.07, 6.45) is 5.22. The molecule has 0 atom stereocenters. The Morgan fingerprint density at radius 1 is 1.16 bits per heavy atom. The Labute approximate surface area is 111 Å². The van der Waals surface area contributed by atoms with Crippen LogP contribution in [0.4, 0.5) is 8.78 Å². The Balaban J connectivity index is 1.92. The first-order valence-corrected chi connectivity index (χ1v) is 6.73. The van der Waals surface area contributed by atoms with Crippen molar-refractivity contribution in [2.24, 2.45) is 0 Å². The molecule has 0 radical (unpaired) electrons. The van der Waals surface area contributed by atoms with Gasteiger partial charge in [0.25, 0.3) is 0 Å². The van der Waals surface area contributed by atoms with Gasteiger partial charge in [-0.25, -0.2) is 13.8 Å². The predicted molar refractivity (Wildman–Crippen MR) is 72.0 cm³/mol. The summed E-state index contributed by atoms with van der Waals surface area (Å²) in [7, 11) is 0. The van der Waals surface area contributed by atoms with Crippen molar-refractivity contribution >= 4 is 11.0 Å². The van der Waals surface area contributed by atoms with Crippen LogP contribution >= 0.6 is 0 Å². The van der Waals surface area contributed by atoms with E-state index in [0.29, 0.717) is 17.6 Å². The van der Waals surface area contributed by atoms with E-state index >= 15 is 0 Å². The number of benzene rings is 1. The summed E-state index contributed by atoms with van der Waals surface area (Å²) in [5.74, 6) is -1.68. The first-order chi connectivity index (χ1) is 9.22. The van der Waals surface area contributed by atoms with Crippen LogP contribution in [0, 0.1) is 11.6 Å². The zero-order chi connectivity index (χ0) is 13.7. The topological polar surface area (TPSA) is 29.9 Å². The summed E-state index contributed by atoms with van der Waals surface area (Å²) in [6.45, 7) is 4.66. The summed E-state index contributed by atoms with van der Waals surface area (Å²) in [6, 6.07) is 2.34. The van der Waals surface area contributed by atoms with Gasteiger partial charge in [-0.05, 0) is 13.0 Å². The molecule has 5 heteroatoms. The fraction of sp³-hybridized carbons (Fsp3) is 0.500. The standard InChI is InChI=1S/C14H19F2N3/c1-2-3-4-5-17-6-7-19-10-18-13-8-11(15)12(16)9-14(13)19/h8-10,17H,2-7H2,1H3. The Kier molecular flexibility index (Phi) is 4.85. The highest BCUT2D eigenvalue weighted by atomic mass is 19.2. The molecule has 0 aliphatic heterocycles. The van der Waals surface area contributed by atoms with Gasteiger partial charge in [0, 0.05) is 25.2 Å². The highest BCUT2D eigenvalue weighted by Crippen LogP contribution is 2.17. The number of rotatable bonds is 7. The minimum absolute atomic E-state index is 0.491. The highest BCUT2D eigenvalue weighted by molar-refractivity contribution is 5.75. The molecule has 0 bridgehead atoms. The van der Waals surface area contributed by atoms with E-state index in [1.807, 2.05) is 4.57 Å². The molecule has 2 rings (SSSR count). The van der Waals surface area contributed by atoms with Gasteiger partial charge in [-0.1, -0.05) is 19.8 Å². The maximum atomic E-state index is 13.2. The van der Waals surface area contributed by atoms with Crippen LogP contribution in [-0.2, 0) is 6.54 Å². The van der Waals surface area contributed by atoms with Gasteiger partial charge in [0.05, 0.1) is 17.4 Å². The largest absolute Gasteiger partial charge is 0.329 e. The van der Waals surface area contributed by atoms with Crippen molar-refractivity contribution in [2.45, 2.75) is 32.7 Å². The number of unbranched alkanes of at least 4 members (excludes halogenated alkanes) is 2. The lowest BCUT2D eigenvalue weighted by atomic mass is 10.2. The van der Waals surface area contributed by atoms with Crippen LogP contribution in [0.1, 0.15) is 26.2 Å². The van der Waals surface area contributed by atoms with Crippen LogP contribution in [0.25, 0.3) is 11.0 Å². The fourth-order valence-corrected chi connectivity index (χ4v) is 2.06. The van der Waals surface area contributed by atoms with E-state index in [4.69, 9.17) is 0 Å². The van der Waals surface area contributed by atoms with Crippen molar-refractivity contribution in [2.75, 3.05) is 13.1 Å². The number of nitrogens with one attached hydrogen (secondary N) is 1. The average Bonchev–Trinajstić information content (AvgIpc) is 2.77. The summed E-state index contributed by atoms with van der Waals surface area (Å²) in [5, 5.41) is 3.33. The molecule has 0 amide bonds.